The van der Waals surface area contributed by atoms with Gasteiger partial charge in [0.05, 0.1) is 11.5 Å². The second-order valence-corrected chi connectivity index (χ2v) is 7.39. The maximum absolute atomic E-state index is 12.3. The number of halogens is 1. The Bertz CT molecular complexity index is 738. The summed E-state index contributed by atoms with van der Waals surface area (Å²) in [5.74, 6) is 0.540. The lowest BCUT2D eigenvalue weighted by atomic mass is 10.1. The topological polar surface area (TPSA) is 55.3 Å². The second kappa shape index (κ2) is 6.61. The SMILES string of the molecule is Cc1c(C(=O)OC(C)C)sc2nc(Cl)nc(N3CCCCC3)c12. The van der Waals surface area contributed by atoms with Gasteiger partial charge < -0.3 is 9.64 Å². The zero-order chi connectivity index (χ0) is 16.6. The Hall–Kier alpha value is -1.40. The van der Waals surface area contributed by atoms with Gasteiger partial charge in [0.1, 0.15) is 15.5 Å². The minimum absolute atomic E-state index is 0.150. The molecule has 1 aliphatic heterocycles. The van der Waals surface area contributed by atoms with Crippen LogP contribution in [0, 0.1) is 6.92 Å². The van der Waals surface area contributed by atoms with Crippen molar-refractivity contribution in [2.75, 3.05) is 18.0 Å². The van der Waals surface area contributed by atoms with Crippen LogP contribution in [0.15, 0.2) is 0 Å². The van der Waals surface area contributed by atoms with Gasteiger partial charge in [-0.15, -0.1) is 11.3 Å². The molecular weight excluding hydrogens is 334 g/mol. The third-order valence-electron chi connectivity index (χ3n) is 3.93. The molecular formula is C16H20ClN3O2S. The first kappa shape index (κ1) is 16.5. The van der Waals surface area contributed by atoms with Gasteiger partial charge >= 0.3 is 5.97 Å². The van der Waals surface area contributed by atoms with Gasteiger partial charge in [-0.05, 0) is 57.2 Å². The van der Waals surface area contributed by atoms with Crippen molar-refractivity contribution in [2.24, 2.45) is 0 Å². The van der Waals surface area contributed by atoms with Gasteiger partial charge in [0.2, 0.25) is 5.28 Å². The average Bonchev–Trinajstić information content (AvgIpc) is 2.83. The Morgan fingerprint density at radius 3 is 2.61 bits per heavy atom. The van der Waals surface area contributed by atoms with E-state index in [0.29, 0.717) is 4.88 Å². The fraction of sp³-hybridized carbons (Fsp3) is 0.562. The molecule has 7 heteroatoms. The summed E-state index contributed by atoms with van der Waals surface area (Å²) in [5, 5.41) is 1.15. The van der Waals surface area contributed by atoms with E-state index < -0.39 is 0 Å². The van der Waals surface area contributed by atoms with Crippen molar-refractivity contribution in [3.05, 3.63) is 15.7 Å². The Morgan fingerprint density at radius 2 is 1.96 bits per heavy atom. The largest absolute Gasteiger partial charge is 0.459 e. The van der Waals surface area contributed by atoms with E-state index in [1.54, 1.807) is 0 Å². The van der Waals surface area contributed by atoms with Crippen molar-refractivity contribution in [3.8, 4) is 0 Å². The minimum atomic E-state index is -0.304. The highest BCUT2D eigenvalue weighted by Crippen LogP contribution is 2.37. The Kier molecular flexibility index (Phi) is 4.73. The van der Waals surface area contributed by atoms with Gasteiger partial charge in [-0.2, -0.15) is 4.98 Å². The average molecular weight is 354 g/mol. The number of nitrogens with zero attached hydrogens (tertiary/aromatic N) is 3. The molecule has 5 nitrogen and oxygen atoms in total. The number of esters is 1. The molecule has 23 heavy (non-hydrogen) atoms. The molecule has 1 aliphatic rings. The molecule has 0 spiro atoms. The van der Waals surface area contributed by atoms with Gasteiger partial charge in [0.15, 0.2) is 0 Å². The number of rotatable bonds is 3. The van der Waals surface area contributed by atoms with Gasteiger partial charge in [0.25, 0.3) is 0 Å². The molecule has 124 valence electrons. The van der Waals surface area contributed by atoms with E-state index in [9.17, 15) is 4.79 Å². The monoisotopic (exact) mass is 353 g/mol. The molecule has 3 heterocycles. The van der Waals surface area contributed by atoms with E-state index in [2.05, 4.69) is 14.9 Å². The fourth-order valence-corrected chi connectivity index (χ4v) is 4.16. The number of fused-ring (bicyclic) bond motifs is 1. The summed E-state index contributed by atoms with van der Waals surface area (Å²) >= 11 is 7.44. The van der Waals surface area contributed by atoms with E-state index in [4.69, 9.17) is 16.3 Å². The van der Waals surface area contributed by atoms with Gasteiger partial charge in [-0.1, -0.05) is 0 Å². The molecule has 1 saturated heterocycles. The maximum atomic E-state index is 12.3. The standard InChI is InChI=1S/C16H20ClN3O2S/c1-9(2)22-15(21)12-10(3)11-13(20-7-5-4-6-8-20)18-16(17)19-14(11)23-12/h9H,4-8H2,1-3H3. The fourth-order valence-electron chi connectivity index (χ4n) is 2.89. The molecule has 0 bridgehead atoms. The molecule has 0 aliphatic carbocycles. The summed E-state index contributed by atoms with van der Waals surface area (Å²) < 4.78 is 5.34. The first-order chi connectivity index (χ1) is 11.0. The molecule has 0 saturated carbocycles. The normalized spacial score (nSPS) is 15.4. The lowest BCUT2D eigenvalue weighted by molar-refractivity contribution is 0.0383. The summed E-state index contributed by atoms with van der Waals surface area (Å²) in [5.41, 5.74) is 0.882. The number of piperidine rings is 1. The minimum Gasteiger partial charge on any atom is -0.459 e. The van der Waals surface area contributed by atoms with Crippen LogP contribution in [-0.4, -0.2) is 35.1 Å². The Morgan fingerprint density at radius 1 is 1.26 bits per heavy atom. The van der Waals surface area contributed by atoms with E-state index in [0.717, 1.165) is 47.5 Å². The van der Waals surface area contributed by atoms with Gasteiger partial charge in [-0.3, -0.25) is 0 Å². The van der Waals surface area contributed by atoms with Crippen molar-refractivity contribution >= 4 is 44.9 Å². The highest BCUT2D eigenvalue weighted by atomic mass is 35.5. The quantitative estimate of drug-likeness (QED) is 0.611. The molecule has 2 aromatic rings. The van der Waals surface area contributed by atoms with Crippen molar-refractivity contribution < 1.29 is 9.53 Å². The predicted octanol–water partition coefficient (Wildman–Crippen LogP) is 4.21. The number of aryl methyl sites for hydroxylation is 1. The third-order valence-corrected chi connectivity index (χ3v) is 5.26. The summed E-state index contributed by atoms with van der Waals surface area (Å²) in [4.78, 5) is 24.7. The van der Waals surface area contributed by atoms with E-state index >= 15 is 0 Å². The van der Waals surface area contributed by atoms with Crippen LogP contribution < -0.4 is 4.90 Å². The molecule has 0 unspecified atom stereocenters. The molecule has 0 N–H and O–H groups in total. The smallest absolute Gasteiger partial charge is 0.348 e. The number of hydrogen-bond acceptors (Lipinski definition) is 6. The molecule has 0 radical (unpaired) electrons. The van der Waals surface area contributed by atoms with Gasteiger partial charge in [-0.25, -0.2) is 9.78 Å². The predicted molar refractivity (Wildman–Crippen MR) is 93.8 cm³/mol. The lowest BCUT2D eigenvalue weighted by Crippen LogP contribution is -2.30. The highest BCUT2D eigenvalue weighted by molar-refractivity contribution is 7.20. The second-order valence-electron chi connectivity index (χ2n) is 6.05. The van der Waals surface area contributed by atoms with Crippen LogP contribution in [0.4, 0.5) is 5.82 Å². The summed E-state index contributed by atoms with van der Waals surface area (Å²) in [6.45, 7) is 7.54. The number of thiophene rings is 1. The molecule has 1 fully saturated rings. The zero-order valence-electron chi connectivity index (χ0n) is 13.6. The number of hydrogen-bond donors (Lipinski definition) is 0. The van der Waals surface area contributed by atoms with Crippen molar-refractivity contribution in [1.82, 2.24) is 9.97 Å². The summed E-state index contributed by atoms with van der Waals surface area (Å²) in [7, 11) is 0. The molecule has 2 aromatic heterocycles. The maximum Gasteiger partial charge on any atom is 0.348 e. The van der Waals surface area contributed by atoms with Crippen molar-refractivity contribution in [3.63, 3.8) is 0 Å². The molecule has 0 amide bonds. The first-order valence-electron chi connectivity index (χ1n) is 7.90. The Labute approximate surface area is 144 Å². The van der Waals surface area contributed by atoms with E-state index in [-0.39, 0.29) is 17.4 Å². The number of carbonyl (C=O) groups is 1. The highest BCUT2D eigenvalue weighted by Gasteiger charge is 2.24. The summed E-state index contributed by atoms with van der Waals surface area (Å²) in [6.07, 6.45) is 3.39. The van der Waals surface area contributed by atoms with Crippen LogP contribution >= 0.6 is 22.9 Å². The van der Waals surface area contributed by atoms with Crippen LogP contribution in [-0.2, 0) is 4.74 Å². The number of aromatic nitrogens is 2. The van der Waals surface area contributed by atoms with Crippen molar-refractivity contribution in [1.29, 1.82) is 0 Å². The molecule has 0 aromatic carbocycles. The molecule has 3 rings (SSSR count). The van der Waals surface area contributed by atoms with Crippen LogP contribution in [0.25, 0.3) is 10.2 Å². The van der Waals surface area contributed by atoms with E-state index in [1.807, 2.05) is 20.8 Å². The van der Waals surface area contributed by atoms with Crippen molar-refractivity contribution in [2.45, 2.75) is 46.1 Å². The Balaban J connectivity index is 2.10. The van der Waals surface area contributed by atoms with Gasteiger partial charge in [0, 0.05) is 13.1 Å². The zero-order valence-corrected chi connectivity index (χ0v) is 15.1. The first-order valence-corrected chi connectivity index (χ1v) is 9.09. The van der Waals surface area contributed by atoms with Crippen LogP contribution in [0.1, 0.15) is 48.3 Å². The van der Waals surface area contributed by atoms with Crippen LogP contribution in [0.2, 0.25) is 5.28 Å². The van der Waals surface area contributed by atoms with E-state index in [1.165, 1.54) is 17.8 Å². The lowest BCUT2D eigenvalue weighted by Gasteiger charge is -2.28. The molecule has 0 atom stereocenters. The van der Waals surface area contributed by atoms with Crippen LogP contribution in [0.5, 0.6) is 0 Å². The number of carbonyl (C=O) groups excluding carboxylic acids is 1. The number of anilines is 1. The number of ether oxygens (including phenoxy) is 1. The third kappa shape index (κ3) is 3.28. The summed E-state index contributed by atoms with van der Waals surface area (Å²) in [6, 6.07) is 0. The van der Waals surface area contributed by atoms with Crippen LogP contribution in [0.3, 0.4) is 0 Å².